The number of pyridine rings is 1. The number of amides is 1. The molecule has 0 aliphatic carbocycles. The Morgan fingerprint density at radius 2 is 2.07 bits per heavy atom. The Bertz CT molecular complexity index is 949. The van der Waals surface area contributed by atoms with Crippen molar-refractivity contribution in [3.05, 3.63) is 64.7 Å². The number of nitrogens with zero attached hydrogens (tertiary/aromatic N) is 2. The van der Waals surface area contributed by atoms with Gasteiger partial charge in [0, 0.05) is 17.5 Å². The van der Waals surface area contributed by atoms with Crippen LogP contribution in [-0.4, -0.2) is 23.2 Å². The zero-order chi connectivity index (χ0) is 19.4. The number of aryl methyl sites for hydroxylation is 3. The number of anilines is 1. The molecule has 0 radical (unpaired) electrons. The number of aromatic nitrogens is 2. The molecule has 1 amide bonds. The van der Waals surface area contributed by atoms with Crippen molar-refractivity contribution in [2.75, 3.05) is 12.4 Å². The normalized spacial score (nSPS) is 10.7. The molecular weight excluding hydrogens is 362 g/mol. The third kappa shape index (κ3) is 4.31. The van der Waals surface area contributed by atoms with Gasteiger partial charge in [-0.25, -0.2) is 4.98 Å². The third-order valence-corrected chi connectivity index (χ3v) is 5.19. The summed E-state index contributed by atoms with van der Waals surface area (Å²) in [6.07, 6.45) is 1.68. The van der Waals surface area contributed by atoms with E-state index in [9.17, 15) is 4.79 Å². The maximum Gasteiger partial charge on any atom is 0.258 e. The van der Waals surface area contributed by atoms with Gasteiger partial charge in [0.1, 0.15) is 16.5 Å². The first-order valence-electron chi connectivity index (χ1n) is 8.45. The van der Waals surface area contributed by atoms with Gasteiger partial charge in [0.2, 0.25) is 0 Å². The van der Waals surface area contributed by atoms with Crippen LogP contribution in [0.5, 0.6) is 5.75 Å². The molecule has 1 aromatic carbocycles. The number of ether oxygens (including phenoxy) is 1. The lowest BCUT2D eigenvalue weighted by Crippen LogP contribution is -2.14. The summed E-state index contributed by atoms with van der Waals surface area (Å²) in [5.74, 6) is 1.80. The summed E-state index contributed by atoms with van der Waals surface area (Å²) < 4.78 is 10.5. The van der Waals surface area contributed by atoms with Crippen LogP contribution in [-0.2, 0) is 5.75 Å². The maximum atomic E-state index is 12.9. The van der Waals surface area contributed by atoms with E-state index < -0.39 is 0 Å². The van der Waals surface area contributed by atoms with Crippen LogP contribution in [0.15, 0.2) is 46.1 Å². The first-order chi connectivity index (χ1) is 13.0. The molecule has 140 valence electrons. The largest absolute Gasteiger partial charge is 0.495 e. The highest BCUT2D eigenvalue weighted by atomic mass is 32.2. The number of carbonyl (C=O) groups excluding carboxylic acids is 1. The van der Waals surface area contributed by atoms with Gasteiger partial charge in [-0.3, -0.25) is 4.79 Å². The average molecular weight is 383 g/mol. The number of nitrogens with one attached hydrogen (secondary N) is 1. The van der Waals surface area contributed by atoms with E-state index in [1.807, 2.05) is 39.0 Å². The summed E-state index contributed by atoms with van der Waals surface area (Å²) in [5, 5.41) is 7.55. The Morgan fingerprint density at radius 1 is 1.26 bits per heavy atom. The van der Waals surface area contributed by atoms with Crippen LogP contribution in [0.4, 0.5) is 5.69 Å². The Kier molecular flexibility index (Phi) is 5.81. The molecule has 0 saturated heterocycles. The summed E-state index contributed by atoms with van der Waals surface area (Å²) in [6, 6.07) is 9.16. The fourth-order valence-electron chi connectivity index (χ4n) is 2.64. The molecule has 0 unspecified atom stereocenters. The van der Waals surface area contributed by atoms with Crippen molar-refractivity contribution in [1.82, 2.24) is 10.1 Å². The number of rotatable bonds is 6. The quantitative estimate of drug-likeness (QED) is 0.629. The fraction of sp³-hybridized carbons (Fsp3) is 0.250. The SMILES string of the molecule is COc1ccc(C)cc1NC(=O)c1cccnc1SCc1c(C)noc1C. The molecule has 7 heteroatoms. The summed E-state index contributed by atoms with van der Waals surface area (Å²) in [5.41, 5.74) is 4.06. The van der Waals surface area contributed by atoms with E-state index in [4.69, 9.17) is 9.26 Å². The second-order valence-corrected chi connectivity index (χ2v) is 7.07. The first-order valence-corrected chi connectivity index (χ1v) is 9.43. The highest BCUT2D eigenvalue weighted by molar-refractivity contribution is 7.98. The minimum absolute atomic E-state index is 0.228. The standard InChI is InChI=1S/C20H21N3O3S/c1-12-7-8-18(25-4)17(10-12)22-19(24)15-6-5-9-21-20(15)27-11-16-13(2)23-26-14(16)3/h5-10H,11H2,1-4H3,(H,22,24). The second-order valence-electron chi connectivity index (χ2n) is 6.11. The highest BCUT2D eigenvalue weighted by Gasteiger charge is 2.17. The van der Waals surface area contributed by atoms with Crippen molar-refractivity contribution < 1.29 is 14.1 Å². The van der Waals surface area contributed by atoms with Crippen LogP contribution in [0.3, 0.4) is 0 Å². The molecule has 0 atom stereocenters. The Labute approximate surface area is 162 Å². The van der Waals surface area contributed by atoms with Crippen molar-refractivity contribution >= 4 is 23.4 Å². The zero-order valence-electron chi connectivity index (χ0n) is 15.7. The van der Waals surface area contributed by atoms with Gasteiger partial charge < -0.3 is 14.6 Å². The molecule has 0 aliphatic heterocycles. The maximum absolute atomic E-state index is 12.9. The van der Waals surface area contributed by atoms with Crippen molar-refractivity contribution in [1.29, 1.82) is 0 Å². The lowest BCUT2D eigenvalue weighted by Gasteiger charge is -2.12. The molecule has 1 N–H and O–H groups in total. The van der Waals surface area contributed by atoms with Gasteiger partial charge in [0.05, 0.1) is 24.1 Å². The molecule has 0 spiro atoms. The highest BCUT2D eigenvalue weighted by Crippen LogP contribution is 2.29. The Balaban J connectivity index is 1.81. The van der Waals surface area contributed by atoms with Crippen LogP contribution in [0.1, 0.15) is 32.9 Å². The Hall–Kier alpha value is -2.80. The van der Waals surface area contributed by atoms with E-state index in [2.05, 4.69) is 15.5 Å². The summed E-state index contributed by atoms with van der Waals surface area (Å²) in [7, 11) is 1.58. The lowest BCUT2D eigenvalue weighted by atomic mass is 10.2. The molecule has 0 bridgehead atoms. The smallest absolute Gasteiger partial charge is 0.258 e. The number of hydrogen-bond donors (Lipinski definition) is 1. The predicted octanol–water partition coefficient (Wildman–Crippen LogP) is 4.55. The molecule has 0 saturated carbocycles. The van der Waals surface area contributed by atoms with Crippen LogP contribution in [0.2, 0.25) is 0 Å². The molecule has 3 aromatic rings. The van der Waals surface area contributed by atoms with E-state index in [0.29, 0.717) is 27.8 Å². The summed E-state index contributed by atoms with van der Waals surface area (Å²) in [4.78, 5) is 17.2. The van der Waals surface area contributed by atoms with Crippen LogP contribution < -0.4 is 10.1 Å². The number of carbonyl (C=O) groups is 1. The first kappa shape index (κ1) is 19.0. The van der Waals surface area contributed by atoms with E-state index >= 15 is 0 Å². The summed E-state index contributed by atoms with van der Waals surface area (Å²) in [6.45, 7) is 5.75. The summed E-state index contributed by atoms with van der Waals surface area (Å²) >= 11 is 1.48. The molecule has 3 rings (SSSR count). The van der Waals surface area contributed by atoms with Crippen LogP contribution in [0, 0.1) is 20.8 Å². The van der Waals surface area contributed by atoms with Gasteiger partial charge in [-0.1, -0.05) is 11.2 Å². The topological polar surface area (TPSA) is 77.2 Å². The Morgan fingerprint density at radius 3 is 2.78 bits per heavy atom. The van der Waals surface area contributed by atoms with E-state index in [1.165, 1.54) is 11.8 Å². The zero-order valence-corrected chi connectivity index (χ0v) is 16.5. The van der Waals surface area contributed by atoms with Crippen LogP contribution >= 0.6 is 11.8 Å². The van der Waals surface area contributed by atoms with Crippen molar-refractivity contribution in [2.45, 2.75) is 31.6 Å². The second kappa shape index (κ2) is 8.26. The number of methoxy groups -OCH3 is 1. The lowest BCUT2D eigenvalue weighted by molar-refractivity contribution is 0.102. The third-order valence-electron chi connectivity index (χ3n) is 4.15. The predicted molar refractivity (Wildman–Crippen MR) is 105 cm³/mol. The molecule has 27 heavy (non-hydrogen) atoms. The van der Waals surface area contributed by atoms with Crippen molar-refractivity contribution in [3.63, 3.8) is 0 Å². The minimum atomic E-state index is -0.228. The molecule has 6 nitrogen and oxygen atoms in total. The van der Waals surface area contributed by atoms with Crippen molar-refractivity contribution in [3.8, 4) is 5.75 Å². The van der Waals surface area contributed by atoms with Gasteiger partial charge in [0.15, 0.2) is 0 Å². The fourth-order valence-corrected chi connectivity index (χ4v) is 3.78. The number of hydrogen-bond acceptors (Lipinski definition) is 6. The van der Waals surface area contributed by atoms with E-state index in [0.717, 1.165) is 22.6 Å². The molecular formula is C20H21N3O3S. The van der Waals surface area contributed by atoms with Crippen molar-refractivity contribution in [2.24, 2.45) is 0 Å². The van der Waals surface area contributed by atoms with Gasteiger partial charge in [-0.15, -0.1) is 11.8 Å². The molecule has 0 fully saturated rings. The average Bonchev–Trinajstić information content (AvgIpc) is 2.98. The minimum Gasteiger partial charge on any atom is -0.495 e. The molecule has 2 aromatic heterocycles. The number of benzene rings is 1. The number of thioether (sulfide) groups is 1. The molecule has 2 heterocycles. The van der Waals surface area contributed by atoms with Crippen LogP contribution in [0.25, 0.3) is 0 Å². The van der Waals surface area contributed by atoms with Gasteiger partial charge in [0.25, 0.3) is 5.91 Å². The molecule has 0 aliphatic rings. The van der Waals surface area contributed by atoms with Gasteiger partial charge in [-0.05, 0) is 50.6 Å². The monoisotopic (exact) mass is 383 g/mol. The van der Waals surface area contributed by atoms with Gasteiger partial charge >= 0.3 is 0 Å². The van der Waals surface area contributed by atoms with E-state index in [-0.39, 0.29) is 5.91 Å². The van der Waals surface area contributed by atoms with E-state index in [1.54, 1.807) is 25.4 Å². The van der Waals surface area contributed by atoms with Gasteiger partial charge in [-0.2, -0.15) is 0 Å².